The van der Waals surface area contributed by atoms with Crippen LogP contribution in [0.5, 0.6) is 0 Å². The highest BCUT2D eigenvalue weighted by Crippen LogP contribution is 2.40. The Labute approximate surface area is 156 Å². The van der Waals surface area contributed by atoms with E-state index in [2.05, 4.69) is 14.9 Å². The molecule has 146 valence electrons. The molecule has 0 aromatic carbocycles. The largest absolute Gasteiger partial charge is 0.483 e. The first kappa shape index (κ1) is 20.7. The van der Waals surface area contributed by atoms with Crippen molar-refractivity contribution >= 4 is 29.9 Å². The van der Waals surface area contributed by atoms with Gasteiger partial charge in [0.25, 0.3) is 6.47 Å². The number of aliphatic hydroxyl groups is 2. The van der Waals surface area contributed by atoms with Crippen LogP contribution >= 0.6 is 11.8 Å². The second-order valence-electron chi connectivity index (χ2n) is 6.57. The number of hydrogen-bond donors (Lipinski definition) is 4. The van der Waals surface area contributed by atoms with E-state index in [0.717, 1.165) is 31.7 Å². The molecule has 3 rings (SSSR count). The molecule has 9 nitrogen and oxygen atoms in total. The summed E-state index contributed by atoms with van der Waals surface area (Å²) in [6, 6.07) is 1.80. The molecule has 2 aliphatic rings. The van der Waals surface area contributed by atoms with E-state index >= 15 is 0 Å². The van der Waals surface area contributed by atoms with Gasteiger partial charge < -0.3 is 30.7 Å². The van der Waals surface area contributed by atoms with E-state index < -0.39 is 5.60 Å². The van der Waals surface area contributed by atoms with Crippen molar-refractivity contribution in [2.24, 2.45) is 0 Å². The summed E-state index contributed by atoms with van der Waals surface area (Å²) in [6.07, 6.45) is 4.51. The molecule has 0 radical (unpaired) electrons. The van der Waals surface area contributed by atoms with E-state index in [0.29, 0.717) is 30.4 Å². The number of carboxylic acid groups (broad SMARTS) is 1. The minimum atomic E-state index is -1.01. The molecule has 0 saturated carbocycles. The molecule has 2 aliphatic heterocycles. The van der Waals surface area contributed by atoms with Crippen LogP contribution in [0.25, 0.3) is 0 Å². The molecule has 2 fully saturated rings. The molecule has 1 unspecified atom stereocenters. The normalized spacial score (nSPS) is 24.7. The van der Waals surface area contributed by atoms with Gasteiger partial charge in [-0.15, -0.1) is 0 Å². The number of aliphatic hydroxyl groups excluding tert-OH is 1. The number of nitrogen functional groups attached to an aromatic ring is 1. The summed E-state index contributed by atoms with van der Waals surface area (Å²) in [5.74, 6) is 1.31. The van der Waals surface area contributed by atoms with Crippen molar-refractivity contribution in [2.75, 3.05) is 43.2 Å². The molecule has 10 heteroatoms. The van der Waals surface area contributed by atoms with Crippen LogP contribution in [0.15, 0.2) is 11.2 Å². The number of anilines is 2. The molecule has 1 atom stereocenters. The lowest BCUT2D eigenvalue weighted by molar-refractivity contribution is -0.180. The van der Waals surface area contributed by atoms with Gasteiger partial charge in [-0.25, -0.2) is 9.97 Å². The zero-order valence-electron chi connectivity index (χ0n) is 14.8. The molecule has 0 aliphatic carbocycles. The minimum Gasteiger partial charge on any atom is -0.483 e. The monoisotopic (exact) mass is 386 g/mol. The molecule has 1 aromatic heterocycles. The first-order valence-electron chi connectivity index (χ1n) is 8.38. The molecular weight excluding hydrogens is 360 g/mol. The van der Waals surface area contributed by atoms with Gasteiger partial charge in [0.15, 0.2) is 5.16 Å². The molecule has 2 saturated heterocycles. The Bertz CT molecular complexity index is 612. The fraction of sp³-hybridized carbons (Fsp3) is 0.688. The number of nitrogens with zero attached hydrogens (tertiary/aromatic N) is 3. The van der Waals surface area contributed by atoms with Crippen LogP contribution in [0.2, 0.25) is 0 Å². The highest BCUT2D eigenvalue weighted by molar-refractivity contribution is 7.98. The van der Waals surface area contributed by atoms with Crippen LogP contribution in [0.1, 0.15) is 25.7 Å². The zero-order valence-corrected chi connectivity index (χ0v) is 15.6. The molecule has 1 aromatic rings. The summed E-state index contributed by atoms with van der Waals surface area (Å²) in [6.45, 7) is 1.60. The second kappa shape index (κ2) is 8.85. The number of aromatic nitrogens is 2. The van der Waals surface area contributed by atoms with Crippen molar-refractivity contribution in [2.45, 2.75) is 42.0 Å². The van der Waals surface area contributed by atoms with Crippen molar-refractivity contribution in [1.82, 2.24) is 9.97 Å². The van der Waals surface area contributed by atoms with Gasteiger partial charge in [-0.2, -0.15) is 0 Å². The van der Waals surface area contributed by atoms with Crippen LogP contribution in [0, 0.1) is 0 Å². The average Bonchev–Trinajstić information content (AvgIpc) is 2.62. The van der Waals surface area contributed by atoms with Crippen LogP contribution in [0.3, 0.4) is 0 Å². The van der Waals surface area contributed by atoms with Gasteiger partial charge in [-0.3, -0.25) is 4.79 Å². The Morgan fingerprint density at radius 2 is 2.04 bits per heavy atom. The number of ether oxygens (including phenoxy) is 1. The van der Waals surface area contributed by atoms with E-state index in [4.69, 9.17) is 20.4 Å². The summed E-state index contributed by atoms with van der Waals surface area (Å²) >= 11 is 1.47. The highest BCUT2D eigenvalue weighted by Gasteiger charge is 2.46. The van der Waals surface area contributed by atoms with E-state index in [-0.39, 0.29) is 18.7 Å². The lowest BCUT2D eigenvalue weighted by Crippen LogP contribution is -2.55. The molecule has 5 N–H and O–H groups in total. The van der Waals surface area contributed by atoms with Crippen molar-refractivity contribution in [3.05, 3.63) is 6.07 Å². The Hall–Kier alpha value is -1.62. The smallest absolute Gasteiger partial charge is 0.290 e. The van der Waals surface area contributed by atoms with Gasteiger partial charge >= 0.3 is 0 Å². The van der Waals surface area contributed by atoms with E-state index in [1.54, 1.807) is 6.07 Å². The topological polar surface area (TPSA) is 142 Å². The van der Waals surface area contributed by atoms with Gasteiger partial charge in [-0.05, 0) is 19.1 Å². The van der Waals surface area contributed by atoms with Crippen LogP contribution in [0.4, 0.5) is 11.6 Å². The number of hydrogen-bond acceptors (Lipinski definition) is 9. The molecule has 3 heterocycles. The quantitative estimate of drug-likeness (QED) is 0.326. The second-order valence-corrected chi connectivity index (χ2v) is 7.34. The lowest BCUT2D eigenvalue weighted by atomic mass is 9.77. The SMILES string of the molecule is CSc1nc(N)cc(N2CCC3(CC2)CC(O)(CO)CCO3)n1.O=CO. The zero-order chi connectivity index (χ0) is 19.2. The predicted octanol–water partition coefficient (Wildman–Crippen LogP) is 0.354. The third-order valence-electron chi connectivity index (χ3n) is 4.81. The third-order valence-corrected chi connectivity index (χ3v) is 5.36. The molecule has 0 bridgehead atoms. The molecule has 1 spiro atoms. The lowest BCUT2D eigenvalue weighted by Gasteiger charge is -2.48. The Kier molecular flexibility index (Phi) is 7.04. The number of nitrogens with two attached hydrogens (primary N) is 1. The number of rotatable bonds is 3. The van der Waals surface area contributed by atoms with Gasteiger partial charge in [-0.1, -0.05) is 11.8 Å². The van der Waals surface area contributed by atoms with Gasteiger partial charge in [0.05, 0.1) is 24.4 Å². The summed E-state index contributed by atoms with van der Waals surface area (Å²) in [7, 11) is 0. The van der Waals surface area contributed by atoms with Crippen LogP contribution in [-0.4, -0.2) is 75.5 Å². The molecular formula is C16H26N4O5S. The van der Waals surface area contributed by atoms with Gasteiger partial charge in [0, 0.05) is 32.0 Å². The van der Waals surface area contributed by atoms with Gasteiger partial charge in [0.1, 0.15) is 11.6 Å². The predicted molar refractivity (Wildman–Crippen MR) is 98.3 cm³/mol. The van der Waals surface area contributed by atoms with E-state index in [1.165, 1.54) is 11.8 Å². The van der Waals surface area contributed by atoms with Crippen molar-refractivity contribution in [3.8, 4) is 0 Å². The van der Waals surface area contributed by atoms with E-state index in [1.807, 2.05) is 6.26 Å². The van der Waals surface area contributed by atoms with E-state index in [9.17, 15) is 10.2 Å². The maximum atomic E-state index is 10.4. The summed E-state index contributed by atoms with van der Waals surface area (Å²) < 4.78 is 6.00. The average molecular weight is 386 g/mol. The third kappa shape index (κ3) is 4.97. The first-order valence-corrected chi connectivity index (χ1v) is 9.60. The van der Waals surface area contributed by atoms with Crippen LogP contribution in [-0.2, 0) is 9.53 Å². The summed E-state index contributed by atoms with van der Waals surface area (Å²) in [5.41, 5.74) is 4.51. The number of piperidine rings is 1. The standard InChI is InChI=1S/C15H24N4O3S.CH2O2/c1-23-13-17-11(16)8-12(18-13)19-5-2-15(3-6-19)9-14(21,10-20)4-7-22-15;2-1-3/h8,20-21H,2-7,9-10H2,1H3,(H2,16,17,18);1H,(H,2,3). The number of thioether (sulfide) groups is 1. The summed E-state index contributed by atoms with van der Waals surface area (Å²) in [5, 5.41) is 27.4. The number of carbonyl (C=O) groups is 1. The van der Waals surface area contributed by atoms with Gasteiger partial charge in [0.2, 0.25) is 0 Å². The fourth-order valence-electron chi connectivity index (χ4n) is 3.48. The maximum Gasteiger partial charge on any atom is 0.290 e. The molecule has 26 heavy (non-hydrogen) atoms. The Morgan fingerprint density at radius 3 is 2.62 bits per heavy atom. The fourth-order valence-corrected chi connectivity index (χ4v) is 3.86. The molecule has 0 amide bonds. The van der Waals surface area contributed by atoms with Crippen LogP contribution < -0.4 is 10.6 Å². The Balaban J connectivity index is 0.000000758. The summed E-state index contributed by atoms with van der Waals surface area (Å²) in [4.78, 5) is 19.2. The minimum absolute atomic E-state index is 0.207. The van der Waals surface area contributed by atoms with Crippen molar-refractivity contribution in [3.63, 3.8) is 0 Å². The van der Waals surface area contributed by atoms with Crippen molar-refractivity contribution in [1.29, 1.82) is 0 Å². The first-order chi connectivity index (χ1) is 12.4. The highest BCUT2D eigenvalue weighted by atomic mass is 32.2. The Morgan fingerprint density at radius 1 is 1.38 bits per heavy atom. The maximum absolute atomic E-state index is 10.4. The van der Waals surface area contributed by atoms with Crippen molar-refractivity contribution < 1.29 is 24.9 Å².